The smallest absolute Gasteiger partial charge is 0.119 e. The van der Waals surface area contributed by atoms with E-state index in [4.69, 9.17) is 10.00 Å². The van der Waals surface area contributed by atoms with Crippen LogP contribution in [0.5, 0.6) is 5.75 Å². The summed E-state index contributed by atoms with van der Waals surface area (Å²) in [6.07, 6.45) is 4.99. The van der Waals surface area contributed by atoms with Crippen LogP contribution in [0.1, 0.15) is 31.2 Å². The quantitative estimate of drug-likeness (QED) is 0.505. The van der Waals surface area contributed by atoms with E-state index in [0.717, 1.165) is 29.9 Å². The zero-order chi connectivity index (χ0) is 16.6. The van der Waals surface area contributed by atoms with Gasteiger partial charge in [-0.1, -0.05) is 37.1 Å². The molecule has 2 aromatic rings. The number of hydrogen-bond acceptors (Lipinski definition) is 3. The second kappa shape index (κ2) is 8.52. The van der Waals surface area contributed by atoms with Crippen molar-refractivity contribution in [2.45, 2.75) is 25.7 Å². The van der Waals surface area contributed by atoms with Crippen LogP contribution in [-0.2, 0) is 0 Å². The summed E-state index contributed by atoms with van der Waals surface area (Å²) >= 11 is 0. The molecule has 0 unspecified atom stereocenters. The van der Waals surface area contributed by atoms with Gasteiger partial charge in [-0.15, -0.1) is 0 Å². The van der Waals surface area contributed by atoms with Crippen molar-refractivity contribution in [2.75, 3.05) is 26.2 Å². The minimum Gasteiger partial charge on any atom is -0.494 e. The Kier molecular flexibility index (Phi) is 5.87. The molecule has 3 rings (SSSR count). The minimum absolute atomic E-state index is 0.688. The van der Waals surface area contributed by atoms with Crippen LogP contribution < -0.4 is 4.74 Å². The summed E-state index contributed by atoms with van der Waals surface area (Å²) in [5, 5.41) is 8.84. The third-order valence-electron chi connectivity index (χ3n) is 4.38. The van der Waals surface area contributed by atoms with Crippen molar-refractivity contribution in [2.24, 2.45) is 0 Å². The van der Waals surface area contributed by atoms with Gasteiger partial charge in [-0.2, -0.15) is 5.26 Å². The normalized spacial score (nSPS) is 13.5. The van der Waals surface area contributed by atoms with Crippen LogP contribution >= 0.6 is 0 Å². The van der Waals surface area contributed by atoms with E-state index in [1.54, 1.807) is 0 Å². The van der Waals surface area contributed by atoms with Gasteiger partial charge in [0.25, 0.3) is 0 Å². The summed E-state index contributed by atoms with van der Waals surface area (Å²) < 4.78 is 5.82. The lowest BCUT2D eigenvalue weighted by molar-refractivity contribution is 0.304. The molecule has 3 nitrogen and oxygen atoms in total. The molecule has 1 heterocycles. The van der Waals surface area contributed by atoms with Crippen LogP contribution in [0.3, 0.4) is 0 Å². The van der Waals surface area contributed by atoms with Crippen LogP contribution in [0.4, 0.5) is 0 Å². The number of nitrogens with zero attached hydrogens (tertiary/aromatic N) is 2. The topological polar surface area (TPSA) is 36.0 Å². The van der Waals surface area contributed by atoms with E-state index >= 15 is 0 Å². The molecule has 0 radical (unpaired) electrons. The molecule has 1 saturated heterocycles. The maximum Gasteiger partial charge on any atom is 0.119 e. The molecular weight excluding hydrogens is 296 g/mol. The van der Waals surface area contributed by atoms with Gasteiger partial charge in [0.1, 0.15) is 5.75 Å². The molecule has 0 bridgehead atoms. The average molecular weight is 320 g/mol. The van der Waals surface area contributed by atoms with E-state index in [2.05, 4.69) is 23.1 Å². The molecule has 1 fully saturated rings. The second-order valence-electron chi connectivity index (χ2n) is 6.32. The average Bonchev–Trinajstić information content (AvgIpc) is 3.46. The largest absolute Gasteiger partial charge is 0.494 e. The lowest BCUT2D eigenvalue weighted by Gasteiger charge is -2.08. The summed E-state index contributed by atoms with van der Waals surface area (Å²) in [5.74, 6) is 0.927. The first kappa shape index (κ1) is 16.5. The van der Waals surface area contributed by atoms with Crippen molar-refractivity contribution in [1.82, 2.24) is 4.90 Å². The molecular formula is C21H24N2O. The van der Waals surface area contributed by atoms with Gasteiger partial charge in [0.15, 0.2) is 0 Å². The number of rotatable bonds is 9. The van der Waals surface area contributed by atoms with E-state index in [9.17, 15) is 0 Å². The van der Waals surface area contributed by atoms with Crippen molar-refractivity contribution < 1.29 is 4.74 Å². The van der Waals surface area contributed by atoms with Crippen molar-refractivity contribution in [3.05, 3.63) is 54.1 Å². The van der Waals surface area contributed by atoms with E-state index in [1.165, 1.54) is 38.9 Å². The Hall–Kier alpha value is -2.31. The third-order valence-corrected chi connectivity index (χ3v) is 4.38. The predicted octanol–water partition coefficient (Wildman–Crippen LogP) is 4.48. The Labute approximate surface area is 144 Å². The van der Waals surface area contributed by atoms with Gasteiger partial charge in [-0.3, -0.25) is 0 Å². The van der Waals surface area contributed by atoms with Gasteiger partial charge < -0.3 is 9.64 Å². The Balaban J connectivity index is 1.38. The van der Waals surface area contributed by atoms with Crippen LogP contribution in [0, 0.1) is 11.3 Å². The van der Waals surface area contributed by atoms with Gasteiger partial charge in [0, 0.05) is 13.1 Å². The maximum absolute atomic E-state index is 8.84. The Bertz CT molecular complexity index is 666. The van der Waals surface area contributed by atoms with Crippen molar-refractivity contribution in [1.29, 1.82) is 5.26 Å². The molecule has 0 amide bonds. The van der Waals surface area contributed by atoms with Crippen LogP contribution in [-0.4, -0.2) is 31.1 Å². The fourth-order valence-corrected chi connectivity index (χ4v) is 2.76. The Morgan fingerprint density at radius 3 is 2.08 bits per heavy atom. The van der Waals surface area contributed by atoms with E-state index in [0.29, 0.717) is 5.56 Å². The first-order valence-corrected chi connectivity index (χ1v) is 8.81. The molecule has 0 spiro atoms. The first-order valence-electron chi connectivity index (χ1n) is 8.81. The Morgan fingerprint density at radius 1 is 0.833 bits per heavy atom. The highest BCUT2D eigenvalue weighted by molar-refractivity contribution is 5.64. The maximum atomic E-state index is 8.84. The standard InChI is InChI=1S/C21H24N2O/c22-17-18-5-7-19(8-6-18)20-9-11-21(12-10-20)24-16-4-2-1-3-13-23-14-15-23/h5-12H,1-4,13-16H2. The van der Waals surface area contributed by atoms with E-state index in [-0.39, 0.29) is 0 Å². The summed E-state index contributed by atoms with van der Waals surface area (Å²) in [4.78, 5) is 2.48. The minimum atomic E-state index is 0.688. The predicted molar refractivity (Wildman–Crippen MR) is 97.0 cm³/mol. The molecule has 0 saturated carbocycles. The molecule has 2 aromatic carbocycles. The van der Waals surface area contributed by atoms with Gasteiger partial charge in [0.2, 0.25) is 0 Å². The fraction of sp³-hybridized carbons (Fsp3) is 0.381. The lowest BCUT2D eigenvalue weighted by Crippen LogP contribution is -2.00. The van der Waals surface area contributed by atoms with E-state index in [1.807, 2.05) is 36.4 Å². The monoisotopic (exact) mass is 320 g/mol. The van der Waals surface area contributed by atoms with Crippen molar-refractivity contribution in [3.63, 3.8) is 0 Å². The highest BCUT2D eigenvalue weighted by Gasteiger charge is 2.15. The number of unbranched alkanes of at least 4 members (excludes halogenated alkanes) is 3. The molecule has 0 atom stereocenters. The summed E-state index contributed by atoms with van der Waals surface area (Å²) in [6.45, 7) is 4.68. The first-order chi connectivity index (χ1) is 11.8. The zero-order valence-electron chi connectivity index (χ0n) is 14.1. The lowest BCUT2D eigenvalue weighted by atomic mass is 10.0. The number of ether oxygens (including phenoxy) is 1. The van der Waals surface area contributed by atoms with Gasteiger partial charge in [-0.05, 0) is 54.8 Å². The zero-order valence-corrected chi connectivity index (χ0v) is 14.1. The molecule has 124 valence electrons. The fourth-order valence-electron chi connectivity index (χ4n) is 2.76. The molecule has 0 N–H and O–H groups in total. The molecule has 1 aliphatic rings. The van der Waals surface area contributed by atoms with Gasteiger partial charge in [0.05, 0.1) is 18.2 Å². The SMILES string of the molecule is N#Cc1ccc(-c2ccc(OCCCCCCN3CC3)cc2)cc1. The van der Waals surface area contributed by atoms with Gasteiger partial charge >= 0.3 is 0 Å². The van der Waals surface area contributed by atoms with Crippen molar-refractivity contribution >= 4 is 0 Å². The highest BCUT2D eigenvalue weighted by Crippen LogP contribution is 2.23. The Morgan fingerprint density at radius 2 is 1.46 bits per heavy atom. The molecule has 0 aromatic heterocycles. The van der Waals surface area contributed by atoms with Crippen LogP contribution in [0.2, 0.25) is 0 Å². The van der Waals surface area contributed by atoms with Crippen LogP contribution in [0.25, 0.3) is 11.1 Å². The van der Waals surface area contributed by atoms with Crippen molar-refractivity contribution in [3.8, 4) is 22.9 Å². The van der Waals surface area contributed by atoms with E-state index < -0.39 is 0 Å². The molecule has 3 heteroatoms. The van der Waals surface area contributed by atoms with Crippen LogP contribution in [0.15, 0.2) is 48.5 Å². The molecule has 1 aliphatic heterocycles. The molecule has 0 aliphatic carbocycles. The van der Waals surface area contributed by atoms with Gasteiger partial charge in [-0.25, -0.2) is 0 Å². The number of hydrogen-bond donors (Lipinski definition) is 0. The summed E-state index contributed by atoms with van der Waals surface area (Å²) in [5.41, 5.74) is 2.95. The second-order valence-corrected chi connectivity index (χ2v) is 6.32. The number of benzene rings is 2. The summed E-state index contributed by atoms with van der Waals surface area (Å²) in [6, 6.07) is 18.0. The highest BCUT2D eigenvalue weighted by atomic mass is 16.5. The summed E-state index contributed by atoms with van der Waals surface area (Å²) in [7, 11) is 0. The molecule has 24 heavy (non-hydrogen) atoms. The third kappa shape index (κ3) is 5.11. The number of nitriles is 1.